The number of amides is 2. The normalized spacial score (nSPS) is 12.5. The van der Waals surface area contributed by atoms with E-state index in [1.54, 1.807) is 44.1 Å². The molecule has 1 aliphatic heterocycles. The van der Waals surface area contributed by atoms with Crippen LogP contribution in [0, 0.1) is 0 Å². The van der Waals surface area contributed by atoms with Crippen LogP contribution in [0.5, 0.6) is 11.5 Å². The molecular weight excluding hydrogens is 344 g/mol. The molecule has 27 heavy (non-hydrogen) atoms. The summed E-state index contributed by atoms with van der Waals surface area (Å²) in [5.74, 6) is 1.26. The van der Waals surface area contributed by atoms with Gasteiger partial charge in [-0.15, -0.1) is 0 Å². The molecule has 0 aromatic heterocycles. The topological polar surface area (TPSA) is 59.1 Å². The molecule has 0 fully saturated rings. The van der Waals surface area contributed by atoms with Gasteiger partial charge in [0.25, 0.3) is 5.91 Å². The lowest BCUT2D eigenvalue weighted by atomic mass is 10.1. The molecule has 1 heterocycles. The van der Waals surface area contributed by atoms with Crippen molar-refractivity contribution in [3.05, 3.63) is 53.1 Å². The molecule has 0 unspecified atom stereocenters. The molecule has 0 radical (unpaired) electrons. The summed E-state index contributed by atoms with van der Waals surface area (Å²) in [6.45, 7) is 2.69. The van der Waals surface area contributed by atoms with Crippen molar-refractivity contribution in [1.82, 2.24) is 4.90 Å². The van der Waals surface area contributed by atoms with Gasteiger partial charge < -0.3 is 19.3 Å². The zero-order valence-corrected chi connectivity index (χ0v) is 16.1. The van der Waals surface area contributed by atoms with Crippen molar-refractivity contribution in [2.24, 2.45) is 0 Å². The molecule has 1 aliphatic rings. The molecule has 0 saturated heterocycles. The van der Waals surface area contributed by atoms with E-state index in [0.29, 0.717) is 30.2 Å². The van der Waals surface area contributed by atoms with Crippen LogP contribution in [0.25, 0.3) is 0 Å². The van der Waals surface area contributed by atoms with E-state index in [1.165, 1.54) is 0 Å². The number of carbonyl (C=O) groups is 2. The van der Waals surface area contributed by atoms with Crippen molar-refractivity contribution >= 4 is 17.5 Å². The Balaban J connectivity index is 1.76. The Labute approximate surface area is 159 Å². The summed E-state index contributed by atoms with van der Waals surface area (Å²) in [6, 6.07) is 11.2. The van der Waals surface area contributed by atoms with Gasteiger partial charge in [-0.25, -0.2) is 0 Å². The van der Waals surface area contributed by atoms with Crippen LogP contribution in [0.1, 0.15) is 28.4 Å². The number of benzene rings is 2. The Morgan fingerprint density at radius 2 is 1.81 bits per heavy atom. The number of ether oxygens (including phenoxy) is 2. The minimum Gasteiger partial charge on any atom is -0.493 e. The van der Waals surface area contributed by atoms with E-state index in [-0.39, 0.29) is 11.8 Å². The van der Waals surface area contributed by atoms with Crippen LogP contribution in [0.3, 0.4) is 0 Å². The fraction of sp³-hybridized carbons (Fsp3) is 0.333. The van der Waals surface area contributed by atoms with E-state index < -0.39 is 0 Å². The number of carbonyl (C=O) groups excluding carboxylic acids is 2. The van der Waals surface area contributed by atoms with Crippen LogP contribution in [0.2, 0.25) is 0 Å². The summed E-state index contributed by atoms with van der Waals surface area (Å²) >= 11 is 0. The number of hydrogen-bond donors (Lipinski definition) is 0. The molecular formula is C21H24N2O4. The lowest BCUT2D eigenvalue weighted by Crippen LogP contribution is -2.27. The second kappa shape index (κ2) is 7.70. The quantitative estimate of drug-likeness (QED) is 0.814. The lowest BCUT2D eigenvalue weighted by molar-refractivity contribution is -0.116. The first-order valence-corrected chi connectivity index (χ1v) is 8.82. The highest BCUT2D eigenvalue weighted by Gasteiger charge is 2.24. The van der Waals surface area contributed by atoms with Crippen LogP contribution in [0.4, 0.5) is 5.69 Å². The van der Waals surface area contributed by atoms with Gasteiger partial charge in [-0.05, 0) is 47.9 Å². The number of anilines is 1. The monoisotopic (exact) mass is 368 g/mol. The molecule has 0 atom stereocenters. The molecule has 0 N–H and O–H groups in total. The van der Waals surface area contributed by atoms with E-state index in [0.717, 1.165) is 23.2 Å². The Hall–Kier alpha value is -3.02. The summed E-state index contributed by atoms with van der Waals surface area (Å²) in [7, 11) is 4.95. The summed E-state index contributed by atoms with van der Waals surface area (Å²) < 4.78 is 10.6. The maximum atomic E-state index is 12.8. The predicted octanol–water partition coefficient (Wildman–Crippen LogP) is 2.89. The number of nitrogens with zero attached hydrogens (tertiary/aromatic N) is 2. The fourth-order valence-corrected chi connectivity index (χ4v) is 3.41. The number of fused-ring (bicyclic) bond motifs is 1. The van der Waals surface area contributed by atoms with Crippen molar-refractivity contribution < 1.29 is 19.1 Å². The zero-order valence-electron chi connectivity index (χ0n) is 16.1. The highest BCUT2D eigenvalue weighted by molar-refractivity contribution is 5.97. The Morgan fingerprint density at radius 3 is 2.48 bits per heavy atom. The second-order valence-electron chi connectivity index (χ2n) is 6.61. The van der Waals surface area contributed by atoms with Crippen molar-refractivity contribution in [3.8, 4) is 11.5 Å². The summed E-state index contributed by atoms with van der Waals surface area (Å²) in [6.07, 6.45) is 0.773. The average Bonchev–Trinajstić information content (AvgIpc) is 3.10. The summed E-state index contributed by atoms with van der Waals surface area (Å²) in [5.41, 5.74) is 3.52. The third-order valence-corrected chi connectivity index (χ3v) is 4.82. The lowest BCUT2D eigenvalue weighted by Gasteiger charge is -2.19. The molecule has 0 saturated carbocycles. The van der Waals surface area contributed by atoms with Crippen molar-refractivity contribution in [2.45, 2.75) is 19.9 Å². The fourth-order valence-electron chi connectivity index (χ4n) is 3.41. The minimum atomic E-state index is -0.0612. The molecule has 3 rings (SSSR count). The van der Waals surface area contributed by atoms with Gasteiger partial charge in [0.2, 0.25) is 5.91 Å². The van der Waals surface area contributed by atoms with Crippen molar-refractivity contribution in [3.63, 3.8) is 0 Å². The summed E-state index contributed by atoms with van der Waals surface area (Å²) in [5, 5.41) is 0. The minimum absolute atomic E-state index is 0.0263. The van der Waals surface area contributed by atoms with Gasteiger partial charge >= 0.3 is 0 Å². The molecule has 2 aromatic rings. The number of hydrogen-bond acceptors (Lipinski definition) is 4. The Kier molecular flexibility index (Phi) is 5.35. The highest BCUT2D eigenvalue weighted by Crippen LogP contribution is 2.30. The maximum Gasteiger partial charge on any atom is 0.253 e. The van der Waals surface area contributed by atoms with Gasteiger partial charge in [0.05, 0.1) is 14.2 Å². The molecule has 2 aromatic carbocycles. The smallest absolute Gasteiger partial charge is 0.253 e. The molecule has 0 aliphatic carbocycles. The van der Waals surface area contributed by atoms with Crippen LogP contribution in [0.15, 0.2) is 36.4 Å². The first kappa shape index (κ1) is 18.8. The van der Waals surface area contributed by atoms with E-state index in [4.69, 9.17) is 9.47 Å². The van der Waals surface area contributed by atoms with Gasteiger partial charge in [-0.1, -0.05) is 6.07 Å². The standard InChI is InChI=1S/C21H24N2O4/c1-14(24)23-10-9-16-12-17(6-7-18(16)23)21(25)22(2)13-15-5-8-19(26-3)20(11-15)27-4/h5-8,11-12H,9-10,13H2,1-4H3. The van der Waals surface area contributed by atoms with Crippen LogP contribution in [-0.2, 0) is 17.8 Å². The van der Waals surface area contributed by atoms with E-state index in [1.807, 2.05) is 30.3 Å². The van der Waals surface area contributed by atoms with E-state index in [2.05, 4.69) is 0 Å². The summed E-state index contributed by atoms with van der Waals surface area (Å²) in [4.78, 5) is 27.9. The molecule has 6 heteroatoms. The maximum absolute atomic E-state index is 12.8. The average molecular weight is 368 g/mol. The first-order valence-electron chi connectivity index (χ1n) is 8.82. The first-order chi connectivity index (χ1) is 12.9. The Morgan fingerprint density at radius 1 is 1.07 bits per heavy atom. The molecule has 0 spiro atoms. The molecule has 2 amide bonds. The van der Waals surface area contributed by atoms with Crippen molar-refractivity contribution in [1.29, 1.82) is 0 Å². The molecule has 0 bridgehead atoms. The van der Waals surface area contributed by atoms with E-state index >= 15 is 0 Å². The van der Waals surface area contributed by atoms with E-state index in [9.17, 15) is 9.59 Å². The Bertz CT molecular complexity index is 878. The van der Waals surface area contributed by atoms with Gasteiger partial charge in [0.15, 0.2) is 11.5 Å². The third kappa shape index (κ3) is 3.74. The van der Waals surface area contributed by atoms with Gasteiger partial charge in [0.1, 0.15) is 0 Å². The molecule has 142 valence electrons. The van der Waals surface area contributed by atoms with Gasteiger partial charge in [-0.2, -0.15) is 0 Å². The number of rotatable bonds is 5. The number of methoxy groups -OCH3 is 2. The molecule has 6 nitrogen and oxygen atoms in total. The highest BCUT2D eigenvalue weighted by atomic mass is 16.5. The van der Waals surface area contributed by atoms with Crippen LogP contribution in [-0.4, -0.2) is 44.5 Å². The van der Waals surface area contributed by atoms with Crippen LogP contribution < -0.4 is 14.4 Å². The van der Waals surface area contributed by atoms with Crippen molar-refractivity contribution in [2.75, 3.05) is 32.7 Å². The van der Waals surface area contributed by atoms with Crippen LogP contribution >= 0.6 is 0 Å². The zero-order chi connectivity index (χ0) is 19.6. The van der Waals surface area contributed by atoms with Gasteiger partial charge in [0, 0.05) is 38.3 Å². The largest absolute Gasteiger partial charge is 0.493 e. The SMILES string of the molecule is COc1ccc(CN(C)C(=O)c2ccc3c(c2)CCN3C(C)=O)cc1OC. The van der Waals surface area contributed by atoms with Gasteiger partial charge in [-0.3, -0.25) is 9.59 Å². The second-order valence-corrected chi connectivity index (χ2v) is 6.61. The predicted molar refractivity (Wildman–Crippen MR) is 104 cm³/mol. The third-order valence-electron chi connectivity index (χ3n) is 4.82.